The molecule has 0 saturated heterocycles. The molecule has 0 fully saturated rings. The van der Waals surface area contributed by atoms with Gasteiger partial charge < -0.3 is 4.74 Å². The average molecular weight is 465 g/mol. The molecule has 0 aliphatic rings. The Labute approximate surface area is 191 Å². The van der Waals surface area contributed by atoms with Crippen LogP contribution in [-0.4, -0.2) is 25.1 Å². The van der Waals surface area contributed by atoms with Gasteiger partial charge in [0.2, 0.25) is 0 Å². The van der Waals surface area contributed by atoms with Gasteiger partial charge in [0.05, 0.1) is 17.1 Å². The van der Waals surface area contributed by atoms with Crippen LogP contribution in [0.25, 0.3) is 21.6 Å². The zero-order chi connectivity index (χ0) is 22.4. The molecule has 0 saturated carbocycles. The molecule has 0 radical (unpaired) electrons. The van der Waals surface area contributed by atoms with Crippen molar-refractivity contribution in [1.82, 2.24) is 19.2 Å². The molecule has 0 aliphatic carbocycles. The molecule has 0 unspecified atom stereocenters. The van der Waals surface area contributed by atoms with E-state index in [-0.39, 0.29) is 12.2 Å². The summed E-state index contributed by atoms with van der Waals surface area (Å²) >= 11 is 7.41. The van der Waals surface area contributed by atoms with E-state index in [1.807, 2.05) is 38.1 Å². The SMILES string of the molecule is Cc1ccc2nc(COC(=O)c3cc4c(C)nn(-c5cccc(Cl)c5)c4s3)cc(=O)n2c1. The van der Waals surface area contributed by atoms with Crippen LogP contribution in [0.4, 0.5) is 0 Å². The van der Waals surface area contributed by atoms with Crippen LogP contribution in [-0.2, 0) is 11.3 Å². The third-order valence-electron chi connectivity index (χ3n) is 5.01. The van der Waals surface area contributed by atoms with E-state index in [9.17, 15) is 9.59 Å². The minimum atomic E-state index is -0.478. The van der Waals surface area contributed by atoms with Crippen LogP contribution in [0.2, 0.25) is 5.02 Å². The molecule has 5 rings (SSSR count). The lowest BCUT2D eigenvalue weighted by atomic mass is 10.3. The fraction of sp³-hybridized carbons (Fsp3) is 0.130. The van der Waals surface area contributed by atoms with E-state index in [0.717, 1.165) is 27.2 Å². The Morgan fingerprint density at radius 1 is 1.16 bits per heavy atom. The highest BCUT2D eigenvalue weighted by Gasteiger charge is 2.18. The standard InChI is InChI=1S/C23H17ClN4O3S/c1-13-6-7-20-25-16(9-21(29)27(20)11-13)12-31-23(30)19-10-18-14(2)26-28(22(18)32-19)17-5-3-4-15(24)8-17/h3-11H,12H2,1-2H3. The van der Waals surface area contributed by atoms with Crippen molar-refractivity contribution in [1.29, 1.82) is 0 Å². The summed E-state index contributed by atoms with van der Waals surface area (Å²) in [6, 6.07) is 14.2. The van der Waals surface area contributed by atoms with Crippen molar-refractivity contribution < 1.29 is 9.53 Å². The van der Waals surface area contributed by atoms with Gasteiger partial charge in [-0.3, -0.25) is 9.20 Å². The van der Waals surface area contributed by atoms with E-state index in [0.29, 0.717) is 21.2 Å². The van der Waals surface area contributed by atoms with Crippen molar-refractivity contribution in [3.05, 3.63) is 91.9 Å². The van der Waals surface area contributed by atoms with Crippen LogP contribution in [0.3, 0.4) is 0 Å². The van der Waals surface area contributed by atoms with Gasteiger partial charge in [-0.2, -0.15) is 5.10 Å². The summed E-state index contributed by atoms with van der Waals surface area (Å²) in [5.74, 6) is -0.478. The number of benzene rings is 1. The third kappa shape index (κ3) is 3.68. The number of hydrogen-bond acceptors (Lipinski definition) is 6. The first-order valence-electron chi connectivity index (χ1n) is 9.80. The Hall–Kier alpha value is -3.49. The number of pyridine rings is 1. The van der Waals surface area contributed by atoms with Crippen molar-refractivity contribution in [3.8, 4) is 5.69 Å². The number of carbonyl (C=O) groups is 1. The number of nitrogens with zero attached hydrogens (tertiary/aromatic N) is 4. The second-order valence-electron chi connectivity index (χ2n) is 7.40. The van der Waals surface area contributed by atoms with Gasteiger partial charge in [-0.15, -0.1) is 11.3 Å². The normalized spacial score (nSPS) is 11.3. The summed E-state index contributed by atoms with van der Waals surface area (Å²) in [6.07, 6.45) is 1.73. The van der Waals surface area contributed by atoms with E-state index in [1.54, 1.807) is 29.1 Å². The average Bonchev–Trinajstić information content (AvgIpc) is 3.33. The van der Waals surface area contributed by atoms with E-state index in [1.165, 1.54) is 21.8 Å². The molecule has 9 heteroatoms. The molecule has 0 aliphatic heterocycles. The summed E-state index contributed by atoms with van der Waals surface area (Å²) in [7, 11) is 0. The van der Waals surface area contributed by atoms with Crippen LogP contribution in [0.15, 0.2) is 59.5 Å². The largest absolute Gasteiger partial charge is 0.455 e. The molecule has 7 nitrogen and oxygen atoms in total. The molecule has 0 spiro atoms. The van der Waals surface area contributed by atoms with Gasteiger partial charge in [0.25, 0.3) is 5.56 Å². The lowest BCUT2D eigenvalue weighted by Gasteiger charge is -2.06. The van der Waals surface area contributed by atoms with Crippen LogP contribution in [0.1, 0.15) is 26.6 Å². The van der Waals surface area contributed by atoms with Gasteiger partial charge >= 0.3 is 5.97 Å². The van der Waals surface area contributed by atoms with Crippen molar-refractivity contribution in [3.63, 3.8) is 0 Å². The highest BCUT2D eigenvalue weighted by Crippen LogP contribution is 2.31. The fourth-order valence-corrected chi connectivity index (χ4v) is 4.73. The van der Waals surface area contributed by atoms with Crippen LogP contribution < -0.4 is 5.56 Å². The molecular weight excluding hydrogens is 448 g/mol. The van der Waals surface area contributed by atoms with Crippen LogP contribution >= 0.6 is 22.9 Å². The van der Waals surface area contributed by atoms with Crippen molar-refractivity contribution in [2.75, 3.05) is 0 Å². The molecule has 32 heavy (non-hydrogen) atoms. The number of carbonyl (C=O) groups excluding carboxylic acids is 1. The smallest absolute Gasteiger partial charge is 0.348 e. The predicted molar refractivity (Wildman–Crippen MR) is 124 cm³/mol. The molecule has 4 aromatic heterocycles. The maximum atomic E-state index is 12.7. The van der Waals surface area contributed by atoms with E-state index in [4.69, 9.17) is 16.3 Å². The van der Waals surface area contributed by atoms with Crippen LogP contribution in [0, 0.1) is 13.8 Å². The zero-order valence-electron chi connectivity index (χ0n) is 17.2. The molecule has 0 N–H and O–H groups in total. The van der Waals surface area contributed by atoms with Crippen molar-refractivity contribution in [2.45, 2.75) is 20.5 Å². The highest BCUT2D eigenvalue weighted by atomic mass is 35.5. The quantitative estimate of drug-likeness (QED) is 0.359. The predicted octanol–water partition coefficient (Wildman–Crippen LogP) is 4.72. The molecule has 0 bridgehead atoms. The number of aryl methyl sites for hydroxylation is 2. The second-order valence-corrected chi connectivity index (χ2v) is 8.87. The number of hydrogen-bond donors (Lipinski definition) is 0. The first-order valence-corrected chi connectivity index (χ1v) is 11.0. The lowest BCUT2D eigenvalue weighted by molar-refractivity contribution is 0.0473. The molecule has 1 aromatic carbocycles. The highest BCUT2D eigenvalue weighted by molar-refractivity contribution is 7.20. The minimum Gasteiger partial charge on any atom is -0.455 e. The van der Waals surface area contributed by atoms with Crippen LogP contribution in [0.5, 0.6) is 0 Å². The maximum Gasteiger partial charge on any atom is 0.348 e. The Morgan fingerprint density at radius 3 is 2.81 bits per heavy atom. The summed E-state index contributed by atoms with van der Waals surface area (Å²) in [6.45, 7) is 3.70. The third-order valence-corrected chi connectivity index (χ3v) is 6.34. The van der Waals surface area contributed by atoms with Gasteiger partial charge in [-0.05, 0) is 49.7 Å². The minimum absolute atomic E-state index is 0.0912. The Balaban J connectivity index is 1.41. The number of ether oxygens (including phenoxy) is 1. The fourth-order valence-electron chi connectivity index (χ4n) is 3.47. The second kappa shape index (κ2) is 7.89. The maximum absolute atomic E-state index is 12.7. The van der Waals surface area contributed by atoms with Gasteiger partial charge in [0.1, 0.15) is 22.0 Å². The van der Waals surface area contributed by atoms with Gasteiger partial charge in [0, 0.05) is 22.7 Å². The monoisotopic (exact) mass is 464 g/mol. The number of esters is 1. The Kier molecular flexibility index (Phi) is 5.03. The topological polar surface area (TPSA) is 78.5 Å². The van der Waals surface area contributed by atoms with E-state index in [2.05, 4.69) is 10.1 Å². The van der Waals surface area contributed by atoms with Gasteiger partial charge in [-0.1, -0.05) is 23.7 Å². The summed E-state index contributed by atoms with van der Waals surface area (Å²) < 4.78 is 8.69. The Bertz CT molecular complexity index is 1570. The van der Waals surface area contributed by atoms with Gasteiger partial charge in [0.15, 0.2) is 0 Å². The molecule has 0 atom stereocenters. The molecule has 0 amide bonds. The van der Waals surface area contributed by atoms with Gasteiger partial charge in [-0.25, -0.2) is 14.5 Å². The number of rotatable bonds is 4. The lowest BCUT2D eigenvalue weighted by Crippen LogP contribution is -2.16. The summed E-state index contributed by atoms with van der Waals surface area (Å²) in [5.41, 5.74) is 3.26. The number of thiophene rings is 1. The van der Waals surface area contributed by atoms with Crippen molar-refractivity contribution in [2.24, 2.45) is 0 Å². The zero-order valence-corrected chi connectivity index (χ0v) is 18.8. The first kappa shape index (κ1) is 20.4. The van der Waals surface area contributed by atoms with E-state index < -0.39 is 5.97 Å². The number of halogens is 1. The Morgan fingerprint density at radius 2 is 2.00 bits per heavy atom. The number of fused-ring (bicyclic) bond motifs is 2. The summed E-state index contributed by atoms with van der Waals surface area (Å²) in [4.78, 5) is 30.8. The number of aromatic nitrogens is 4. The van der Waals surface area contributed by atoms with E-state index >= 15 is 0 Å². The molecular formula is C23H17ClN4O3S. The summed E-state index contributed by atoms with van der Waals surface area (Å²) in [5, 5.41) is 6.05. The molecule has 5 aromatic rings. The first-order chi connectivity index (χ1) is 15.4. The molecule has 4 heterocycles. The molecule has 160 valence electrons. The van der Waals surface area contributed by atoms with Crippen molar-refractivity contribution >= 4 is 44.8 Å².